The number of carbonyl (C=O) groups is 1. The van der Waals surface area contributed by atoms with Crippen molar-refractivity contribution < 1.29 is 4.79 Å². The van der Waals surface area contributed by atoms with Gasteiger partial charge in [0.1, 0.15) is 0 Å². The van der Waals surface area contributed by atoms with Gasteiger partial charge in [0.2, 0.25) is 5.91 Å². The highest BCUT2D eigenvalue weighted by Crippen LogP contribution is 2.09. The molecule has 5 heteroatoms. The first-order valence-electron chi connectivity index (χ1n) is 5.78. The molecule has 0 spiro atoms. The Hall–Kier alpha value is -1.59. The summed E-state index contributed by atoms with van der Waals surface area (Å²) in [7, 11) is 0. The normalized spacial score (nSPS) is 10.4. The third-order valence-electron chi connectivity index (χ3n) is 2.43. The number of amides is 1. The summed E-state index contributed by atoms with van der Waals surface area (Å²) in [6.45, 7) is 7.01. The van der Waals surface area contributed by atoms with E-state index < -0.39 is 5.54 Å². The van der Waals surface area contributed by atoms with Crippen LogP contribution < -0.4 is 5.32 Å². The maximum Gasteiger partial charge on any atom is 0.242 e. The van der Waals surface area contributed by atoms with Gasteiger partial charge >= 0.3 is 0 Å². The lowest BCUT2D eigenvalue weighted by Crippen LogP contribution is -2.54. The minimum Gasteiger partial charge on any atom is -0.339 e. The summed E-state index contributed by atoms with van der Waals surface area (Å²) < 4.78 is 0. The van der Waals surface area contributed by atoms with Crippen molar-refractivity contribution in [3.05, 3.63) is 0 Å². The van der Waals surface area contributed by atoms with Gasteiger partial charge in [0.25, 0.3) is 0 Å². The van der Waals surface area contributed by atoms with Crippen LogP contribution in [0.2, 0.25) is 0 Å². The fourth-order valence-electron chi connectivity index (χ4n) is 1.60. The summed E-state index contributed by atoms with van der Waals surface area (Å²) in [6.07, 6.45) is 0.582. The summed E-state index contributed by atoms with van der Waals surface area (Å²) in [5.74, 6) is -0.0650. The van der Waals surface area contributed by atoms with Gasteiger partial charge in [-0.05, 0) is 20.4 Å². The third-order valence-corrected chi connectivity index (χ3v) is 2.43. The average molecular weight is 236 g/mol. The molecule has 0 bridgehead atoms. The Labute approximate surface area is 103 Å². The third kappa shape index (κ3) is 5.33. The SMILES string of the molecule is CCNC(C)(C)C(=O)N(CCC#N)CCC#N. The second-order valence-corrected chi connectivity index (χ2v) is 4.26. The van der Waals surface area contributed by atoms with Gasteiger partial charge in [-0.25, -0.2) is 0 Å². The summed E-state index contributed by atoms with van der Waals surface area (Å²) in [5.41, 5.74) is -0.653. The fraction of sp³-hybridized carbons (Fsp3) is 0.750. The second kappa shape index (κ2) is 7.65. The Morgan fingerprint density at radius 1 is 1.24 bits per heavy atom. The lowest BCUT2D eigenvalue weighted by atomic mass is 10.0. The molecule has 1 N–H and O–H groups in total. The minimum absolute atomic E-state index is 0.0650. The van der Waals surface area contributed by atoms with E-state index >= 15 is 0 Å². The van der Waals surface area contributed by atoms with Crippen molar-refractivity contribution in [3.63, 3.8) is 0 Å². The number of rotatable bonds is 7. The van der Waals surface area contributed by atoms with Crippen LogP contribution in [-0.2, 0) is 4.79 Å². The molecule has 94 valence electrons. The molecular weight excluding hydrogens is 216 g/mol. The van der Waals surface area contributed by atoms with E-state index in [1.54, 1.807) is 4.90 Å². The van der Waals surface area contributed by atoms with E-state index in [0.717, 1.165) is 0 Å². The molecule has 0 unspecified atom stereocenters. The van der Waals surface area contributed by atoms with Crippen LogP contribution in [-0.4, -0.2) is 36.0 Å². The van der Waals surface area contributed by atoms with Gasteiger partial charge in [0.05, 0.1) is 30.5 Å². The van der Waals surface area contributed by atoms with Crippen LogP contribution >= 0.6 is 0 Å². The van der Waals surface area contributed by atoms with E-state index in [1.807, 2.05) is 32.9 Å². The second-order valence-electron chi connectivity index (χ2n) is 4.26. The van der Waals surface area contributed by atoms with Crippen LogP contribution in [0.15, 0.2) is 0 Å². The molecule has 0 radical (unpaired) electrons. The number of carbonyl (C=O) groups excluding carboxylic acids is 1. The Kier molecular flexibility index (Phi) is 6.93. The topological polar surface area (TPSA) is 79.9 Å². The number of nitrogens with zero attached hydrogens (tertiary/aromatic N) is 3. The minimum atomic E-state index is -0.653. The van der Waals surface area contributed by atoms with Crippen LogP contribution in [0.5, 0.6) is 0 Å². The highest BCUT2D eigenvalue weighted by Gasteiger charge is 2.30. The zero-order valence-electron chi connectivity index (χ0n) is 10.8. The summed E-state index contributed by atoms with van der Waals surface area (Å²) in [4.78, 5) is 13.8. The van der Waals surface area contributed by atoms with Gasteiger partial charge in [-0.2, -0.15) is 10.5 Å². The quantitative estimate of drug-likeness (QED) is 0.716. The zero-order valence-corrected chi connectivity index (χ0v) is 10.8. The maximum atomic E-state index is 12.2. The van der Waals surface area contributed by atoms with Crippen LogP contribution in [0.3, 0.4) is 0 Å². The Morgan fingerprint density at radius 3 is 2.06 bits per heavy atom. The molecule has 0 fully saturated rings. The van der Waals surface area contributed by atoms with Gasteiger partial charge in [-0.3, -0.25) is 4.79 Å². The van der Waals surface area contributed by atoms with Gasteiger partial charge in [0.15, 0.2) is 0 Å². The van der Waals surface area contributed by atoms with E-state index in [2.05, 4.69) is 5.32 Å². The largest absolute Gasteiger partial charge is 0.339 e. The van der Waals surface area contributed by atoms with E-state index in [1.165, 1.54) is 0 Å². The van der Waals surface area contributed by atoms with E-state index in [9.17, 15) is 4.79 Å². The molecule has 0 saturated carbocycles. The van der Waals surface area contributed by atoms with Crippen molar-refractivity contribution in [2.45, 2.75) is 39.2 Å². The van der Waals surface area contributed by atoms with Crippen molar-refractivity contribution in [1.82, 2.24) is 10.2 Å². The number of hydrogen-bond acceptors (Lipinski definition) is 4. The van der Waals surface area contributed by atoms with E-state index in [0.29, 0.717) is 32.5 Å². The first-order chi connectivity index (χ1) is 7.99. The molecule has 0 aliphatic carbocycles. The number of likely N-dealkylation sites (N-methyl/N-ethyl adjacent to an activating group) is 1. The van der Waals surface area contributed by atoms with Gasteiger partial charge in [0, 0.05) is 13.1 Å². The van der Waals surface area contributed by atoms with Gasteiger partial charge in [-0.15, -0.1) is 0 Å². The molecule has 0 aromatic rings. The van der Waals surface area contributed by atoms with Crippen LogP contribution in [0.1, 0.15) is 33.6 Å². The summed E-state index contributed by atoms with van der Waals surface area (Å²) in [5, 5.41) is 20.2. The molecule has 0 rings (SSSR count). The number of nitriles is 2. The van der Waals surface area contributed by atoms with Crippen molar-refractivity contribution in [2.75, 3.05) is 19.6 Å². The molecule has 1 amide bonds. The number of hydrogen-bond donors (Lipinski definition) is 1. The van der Waals surface area contributed by atoms with Crippen molar-refractivity contribution in [3.8, 4) is 12.1 Å². The molecule has 0 aliphatic rings. The van der Waals surface area contributed by atoms with Gasteiger partial charge < -0.3 is 10.2 Å². The monoisotopic (exact) mass is 236 g/mol. The molecule has 0 saturated heterocycles. The predicted molar refractivity (Wildman–Crippen MR) is 64.8 cm³/mol. The Bertz CT molecular complexity index is 306. The highest BCUT2D eigenvalue weighted by atomic mass is 16.2. The standard InChI is InChI=1S/C12H20N4O/c1-4-15-12(2,3)11(17)16(9-5-7-13)10-6-8-14/h15H,4-6,9-10H2,1-3H3. The van der Waals surface area contributed by atoms with Crippen molar-refractivity contribution in [1.29, 1.82) is 10.5 Å². The van der Waals surface area contributed by atoms with E-state index in [-0.39, 0.29) is 5.91 Å². The fourth-order valence-corrected chi connectivity index (χ4v) is 1.60. The first-order valence-corrected chi connectivity index (χ1v) is 5.78. The van der Waals surface area contributed by atoms with Crippen LogP contribution in [0, 0.1) is 22.7 Å². The zero-order chi connectivity index (χ0) is 13.3. The van der Waals surface area contributed by atoms with Crippen molar-refractivity contribution in [2.24, 2.45) is 0 Å². The molecule has 0 heterocycles. The van der Waals surface area contributed by atoms with Crippen LogP contribution in [0.25, 0.3) is 0 Å². The molecule has 0 aliphatic heterocycles. The predicted octanol–water partition coefficient (Wildman–Crippen LogP) is 1.03. The van der Waals surface area contributed by atoms with Gasteiger partial charge in [-0.1, -0.05) is 6.92 Å². The Morgan fingerprint density at radius 2 is 1.71 bits per heavy atom. The highest BCUT2D eigenvalue weighted by molar-refractivity contribution is 5.85. The van der Waals surface area contributed by atoms with Crippen LogP contribution in [0.4, 0.5) is 0 Å². The lowest BCUT2D eigenvalue weighted by molar-refractivity contribution is -0.137. The number of nitrogens with one attached hydrogen (secondary N) is 1. The Balaban J connectivity index is 4.62. The lowest BCUT2D eigenvalue weighted by Gasteiger charge is -2.31. The maximum absolute atomic E-state index is 12.2. The summed E-state index contributed by atoms with van der Waals surface area (Å²) in [6, 6.07) is 4.03. The molecule has 0 aromatic carbocycles. The molecule has 0 atom stereocenters. The molecule has 5 nitrogen and oxygen atoms in total. The molecule has 17 heavy (non-hydrogen) atoms. The van der Waals surface area contributed by atoms with Crippen molar-refractivity contribution >= 4 is 5.91 Å². The molecule has 0 aromatic heterocycles. The summed E-state index contributed by atoms with van der Waals surface area (Å²) >= 11 is 0. The average Bonchev–Trinajstić information content (AvgIpc) is 2.28. The first kappa shape index (κ1) is 15.4. The molecular formula is C12H20N4O. The smallest absolute Gasteiger partial charge is 0.242 e. The van der Waals surface area contributed by atoms with E-state index in [4.69, 9.17) is 10.5 Å².